The van der Waals surface area contributed by atoms with Gasteiger partial charge >= 0.3 is 0 Å². The second-order valence-electron chi connectivity index (χ2n) is 8.54. The number of piperidine rings is 1. The maximum absolute atomic E-state index is 14.5. The average Bonchev–Trinajstić information content (AvgIpc) is 3.38. The van der Waals surface area contributed by atoms with Crippen LogP contribution in [0.2, 0.25) is 10.2 Å². The van der Waals surface area contributed by atoms with Crippen molar-refractivity contribution in [1.82, 2.24) is 24.2 Å². The van der Waals surface area contributed by atoms with Crippen LogP contribution in [0.25, 0.3) is 28.0 Å². The Balaban J connectivity index is 1.71. The molecule has 11 heteroatoms. The molecule has 1 aliphatic rings. The molecule has 0 radical (unpaired) electrons. The Bertz CT molecular complexity index is 1520. The van der Waals surface area contributed by atoms with Crippen LogP contribution in [0.5, 0.6) is 0 Å². The summed E-state index contributed by atoms with van der Waals surface area (Å²) in [5, 5.41) is 14.7. The number of hydrogen-bond acceptors (Lipinski definition) is 5. The Kier molecular flexibility index (Phi) is 5.97. The molecule has 178 valence electrons. The molecule has 8 nitrogen and oxygen atoms in total. The van der Waals surface area contributed by atoms with Crippen LogP contribution in [0.3, 0.4) is 0 Å². The molecule has 1 aliphatic heterocycles. The van der Waals surface area contributed by atoms with E-state index >= 15 is 0 Å². The van der Waals surface area contributed by atoms with Gasteiger partial charge in [-0.2, -0.15) is 10.4 Å². The zero-order valence-electron chi connectivity index (χ0n) is 18.7. The monoisotopic (exact) mass is 511 g/mol. The summed E-state index contributed by atoms with van der Waals surface area (Å²) in [5.74, 6) is -0.818. The summed E-state index contributed by atoms with van der Waals surface area (Å²) in [6.07, 6.45) is 3.43. The lowest BCUT2D eigenvalue weighted by atomic mass is 10.1. The molecule has 0 saturated carbocycles. The molecule has 0 aliphatic carbocycles. The van der Waals surface area contributed by atoms with Gasteiger partial charge in [-0.25, -0.2) is 9.37 Å². The molecule has 3 heterocycles. The number of likely N-dealkylation sites (tertiary alicyclic amines) is 1. The lowest BCUT2D eigenvalue weighted by Crippen LogP contribution is -2.45. The van der Waals surface area contributed by atoms with E-state index in [1.165, 1.54) is 12.1 Å². The summed E-state index contributed by atoms with van der Waals surface area (Å²) in [6.45, 7) is 0.945. The second kappa shape index (κ2) is 8.96. The van der Waals surface area contributed by atoms with Crippen LogP contribution in [-0.4, -0.2) is 49.3 Å². The lowest BCUT2D eigenvalue weighted by molar-refractivity contribution is 0.0703. The van der Waals surface area contributed by atoms with Crippen molar-refractivity contribution in [2.75, 3.05) is 13.1 Å². The van der Waals surface area contributed by atoms with E-state index in [-0.39, 0.29) is 34.2 Å². The number of fused-ring (bicyclic) bond motifs is 1. The van der Waals surface area contributed by atoms with Gasteiger partial charge in [-0.05, 0) is 43.2 Å². The van der Waals surface area contributed by atoms with Crippen LogP contribution < -0.4 is 5.73 Å². The van der Waals surface area contributed by atoms with Crippen LogP contribution in [-0.2, 0) is 7.05 Å². The van der Waals surface area contributed by atoms with Crippen molar-refractivity contribution in [3.63, 3.8) is 0 Å². The number of aromatic nitrogens is 4. The highest BCUT2D eigenvalue weighted by atomic mass is 35.5. The third-order valence-corrected chi connectivity index (χ3v) is 6.67. The Morgan fingerprint density at radius 3 is 2.80 bits per heavy atom. The minimum atomic E-state index is -0.703. The highest BCUT2D eigenvalue weighted by Crippen LogP contribution is 2.35. The van der Waals surface area contributed by atoms with Crippen LogP contribution >= 0.6 is 23.2 Å². The van der Waals surface area contributed by atoms with Gasteiger partial charge in [0.15, 0.2) is 5.69 Å². The quantitative estimate of drug-likeness (QED) is 0.441. The third kappa shape index (κ3) is 4.14. The first-order valence-corrected chi connectivity index (χ1v) is 11.7. The van der Waals surface area contributed by atoms with E-state index in [0.29, 0.717) is 34.9 Å². The van der Waals surface area contributed by atoms with Gasteiger partial charge in [0, 0.05) is 43.3 Å². The number of rotatable bonds is 3. The van der Waals surface area contributed by atoms with Crippen LogP contribution in [0, 0.1) is 17.1 Å². The molecule has 1 saturated heterocycles. The van der Waals surface area contributed by atoms with Gasteiger partial charge in [0.2, 0.25) is 0 Å². The highest BCUT2D eigenvalue weighted by molar-refractivity contribution is 6.35. The van der Waals surface area contributed by atoms with E-state index in [1.807, 2.05) is 6.07 Å². The first kappa shape index (κ1) is 23.3. The van der Waals surface area contributed by atoms with Crippen molar-refractivity contribution in [3.8, 4) is 23.1 Å². The number of carbonyl (C=O) groups excluding carboxylic acids is 1. The van der Waals surface area contributed by atoms with E-state index in [0.717, 1.165) is 18.2 Å². The fourth-order valence-electron chi connectivity index (χ4n) is 4.38. The van der Waals surface area contributed by atoms with Crippen molar-refractivity contribution in [3.05, 3.63) is 63.8 Å². The zero-order valence-corrected chi connectivity index (χ0v) is 20.2. The van der Waals surface area contributed by atoms with Crippen molar-refractivity contribution in [2.45, 2.75) is 18.9 Å². The van der Waals surface area contributed by atoms with Crippen molar-refractivity contribution in [1.29, 1.82) is 5.26 Å². The SMILES string of the molecule is Cn1cc2cc(-n3c(-c4ccc(C#N)c(F)c4)nc(C(=O)N4CCC[C@@H](N)C4)c3Cl)cc(Cl)c2n1. The summed E-state index contributed by atoms with van der Waals surface area (Å²) in [5.41, 5.74) is 7.49. The molecule has 35 heavy (non-hydrogen) atoms. The highest BCUT2D eigenvalue weighted by Gasteiger charge is 2.30. The topological polar surface area (TPSA) is 106 Å². The van der Waals surface area contributed by atoms with Crippen molar-refractivity contribution >= 4 is 40.0 Å². The van der Waals surface area contributed by atoms with Gasteiger partial charge in [0.05, 0.1) is 16.3 Å². The number of nitrogens with zero attached hydrogens (tertiary/aromatic N) is 6. The van der Waals surface area contributed by atoms with Gasteiger partial charge < -0.3 is 10.6 Å². The molecule has 5 rings (SSSR count). The number of hydrogen-bond donors (Lipinski definition) is 1. The molecule has 0 bridgehead atoms. The molecule has 0 spiro atoms. The number of imidazole rings is 1. The predicted molar refractivity (Wildman–Crippen MR) is 131 cm³/mol. The summed E-state index contributed by atoms with van der Waals surface area (Å²) >= 11 is 13.3. The number of nitriles is 1. The molecule has 4 aromatic rings. The second-order valence-corrected chi connectivity index (χ2v) is 9.30. The first-order chi connectivity index (χ1) is 16.8. The maximum atomic E-state index is 14.5. The van der Waals surface area contributed by atoms with Crippen LogP contribution in [0.1, 0.15) is 28.9 Å². The summed E-state index contributed by atoms with van der Waals surface area (Å²) in [7, 11) is 1.78. The number of benzene rings is 2. The first-order valence-electron chi connectivity index (χ1n) is 10.9. The molecular formula is C24H20Cl2FN7O. The van der Waals surface area contributed by atoms with E-state index in [9.17, 15) is 9.18 Å². The summed E-state index contributed by atoms with van der Waals surface area (Å²) in [6, 6.07) is 9.29. The Morgan fingerprint density at radius 2 is 2.09 bits per heavy atom. The van der Waals surface area contributed by atoms with E-state index in [1.54, 1.807) is 45.6 Å². The van der Waals surface area contributed by atoms with Crippen molar-refractivity contribution < 1.29 is 9.18 Å². The number of carbonyl (C=O) groups is 1. The van der Waals surface area contributed by atoms with Gasteiger partial charge in [-0.3, -0.25) is 14.0 Å². The number of amides is 1. The molecule has 2 N–H and O–H groups in total. The van der Waals surface area contributed by atoms with E-state index < -0.39 is 5.82 Å². The molecule has 1 amide bonds. The fraction of sp³-hybridized carbons (Fsp3) is 0.250. The number of aryl methyl sites for hydroxylation is 1. The zero-order chi connectivity index (χ0) is 24.9. The lowest BCUT2D eigenvalue weighted by Gasteiger charge is -2.30. The molecular weight excluding hydrogens is 492 g/mol. The third-order valence-electron chi connectivity index (χ3n) is 6.04. The Labute approximate surface area is 210 Å². The molecule has 1 atom stereocenters. The van der Waals surface area contributed by atoms with Crippen LogP contribution in [0.4, 0.5) is 4.39 Å². The average molecular weight is 512 g/mol. The van der Waals surface area contributed by atoms with Crippen molar-refractivity contribution in [2.24, 2.45) is 12.8 Å². The normalized spacial score (nSPS) is 16.0. The summed E-state index contributed by atoms with van der Waals surface area (Å²) in [4.78, 5) is 19.6. The molecule has 2 aromatic heterocycles. The standard InChI is InChI=1S/C24H20Cl2FN7O/c1-32-11-15-7-17(9-18(25)20(15)31-32)34-22(26)21(24(35)33-6-2-3-16(29)12-33)30-23(34)13-4-5-14(10-28)19(27)8-13/h4-5,7-9,11,16H,2-3,6,12,29H2,1H3/t16-/m1/s1. The van der Waals surface area contributed by atoms with E-state index in [4.69, 9.17) is 34.2 Å². The number of halogens is 3. The van der Waals surface area contributed by atoms with Crippen LogP contribution in [0.15, 0.2) is 36.5 Å². The minimum Gasteiger partial charge on any atom is -0.336 e. The van der Waals surface area contributed by atoms with Gasteiger partial charge in [0.25, 0.3) is 5.91 Å². The Morgan fingerprint density at radius 1 is 1.29 bits per heavy atom. The van der Waals surface area contributed by atoms with E-state index in [2.05, 4.69) is 10.1 Å². The molecule has 0 unspecified atom stereocenters. The molecule has 1 fully saturated rings. The minimum absolute atomic E-state index is 0.0305. The van der Waals surface area contributed by atoms with Gasteiger partial charge in [0.1, 0.15) is 28.4 Å². The fourth-order valence-corrected chi connectivity index (χ4v) is 4.94. The smallest absolute Gasteiger partial charge is 0.275 e. The molecule has 2 aromatic carbocycles. The predicted octanol–water partition coefficient (Wildman–Crippen LogP) is 4.31. The maximum Gasteiger partial charge on any atom is 0.275 e. The van der Waals surface area contributed by atoms with Gasteiger partial charge in [-0.15, -0.1) is 0 Å². The van der Waals surface area contributed by atoms with Gasteiger partial charge in [-0.1, -0.05) is 23.2 Å². The number of nitrogens with two attached hydrogens (primary N) is 1. The Hall–Kier alpha value is -3.45. The summed E-state index contributed by atoms with van der Waals surface area (Å²) < 4.78 is 17.7. The largest absolute Gasteiger partial charge is 0.336 e.